The minimum atomic E-state index is 0.0942. The lowest BCUT2D eigenvalue weighted by molar-refractivity contribution is -0.374. The highest BCUT2D eigenvalue weighted by Gasteiger charge is 2.39. The lowest BCUT2D eigenvalue weighted by Gasteiger charge is -2.35. The van der Waals surface area contributed by atoms with E-state index in [1.54, 1.807) is 11.3 Å². The van der Waals surface area contributed by atoms with Crippen LogP contribution in [-0.2, 0) is 5.41 Å². The maximum atomic E-state index is 6.02. The van der Waals surface area contributed by atoms with Crippen molar-refractivity contribution in [3.8, 4) is 0 Å². The first kappa shape index (κ1) is 12.9. The molecule has 19 heavy (non-hydrogen) atoms. The van der Waals surface area contributed by atoms with Crippen LogP contribution in [0.5, 0.6) is 0 Å². The summed E-state index contributed by atoms with van der Waals surface area (Å²) in [5, 5.41) is 3.76. The molecule has 0 spiro atoms. The Kier molecular flexibility index (Phi) is 3.50. The molecule has 3 N–H and O–H groups in total. The van der Waals surface area contributed by atoms with Crippen molar-refractivity contribution in [2.75, 3.05) is 5.73 Å². The minimum Gasteiger partial charge on any atom is -0.278 e. The summed E-state index contributed by atoms with van der Waals surface area (Å²) in [6, 6.07) is 8.30. The molecule has 0 atom stereocenters. The third-order valence-electron chi connectivity index (χ3n) is 4.18. The molecule has 0 aliphatic heterocycles. The number of hydrogen-bond donors (Lipinski definition) is 1. The Hall–Kier alpha value is -1.06. The number of halogens is 1. The lowest BCUT2D eigenvalue weighted by atomic mass is 9.68. The Morgan fingerprint density at radius 1 is 1.11 bits per heavy atom. The number of hydrogen-bond acceptors (Lipinski definition) is 2. The van der Waals surface area contributed by atoms with Crippen LogP contribution in [0.25, 0.3) is 0 Å². The van der Waals surface area contributed by atoms with Crippen molar-refractivity contribution in [1.82, 2.24) is 0 Å². The average molecular weight is 294 g/mol. The van der Waals surface area contributed by atoms with Gasteiger partial charge in [-0.2, -0.15) is 0 Å². The van der Waals surface area contributed by atoms with Gasteiger partial charge in [0.2, 0.25) is 0 Å². The fraction of sp³-hybridized carbons (Fsp3) is 0.400. The summed E-state index contributed by atoms with van der Waals surface area (Å²) in [4.78, 5) is 3.36. The molecule has 1 aliphatic carbocycles. The number of aromatic amines is 1. The normalized spacial score (nSPS) is 18.4. The number of nitrogen functional groups attached to an aromatic ring is 1. The highest BCUT2D eigenvalue weighted by Crippen LogP contribution is 2.44. The quantitative estimate of drug-likeness (QED) is 0.891. The smallest absolute Gasteiger partial charge is 0.278 e. The predicted molar refractivity (Wildman–Crippen MR) is 80.6 cm³/mol. The molecule has 0 unspecified atom stereocenters. The van der Waals surface area contributed by atoms with Gasteiger partial charge in [-0.25, -0.2) is 4.98 Å². The largest absolute Gasteiger partial charge is 0.329 e. The first-order valence-electron chi connectivity index (χ1n) is 6.73. The number of nitrogens with one attached hydrogen (secondary N) is 1. The molecule has 2 aromatic rings. The van der Waals surface area contributed by atoms with Crippen molar-refractivity contribution < 1.29 is 4.98 Å². The number of H-pyrrole nitrogens is 1. The summed E-state index contributed by atoms with van der Waals surface area (Å²) in [6.45, 7) is 0. The zero-order valence-corrected chi connectivity index (χ0v) is 12.4. The molecule has 1 aliphatic rings. The van der Waals surface area contributed by atoms with E-state index >= 15 is 0 Å². The molecule has 1 heterocycles. The molecule has 3 rings (SSSR count). The van der Waals surface area contributed by atoms with Crippen LogP contribution in [0.1, 0.15) is 43.4 Å². The number of thiazole rings is 1. The lowest BCUT2D eigenvalue weighted by Crippen LogP contribution is -2.35. The summed E-state index contributed by atoms with van der Waals surface area (Å²) in [6.07, 6.45) is 6.23. The zero-order chi connectivity index (χ0) is 13.3. The summed E-state index contributed by atoms with van der Waals surface area (Å²) in [5.74, 6) is 0. The average Bonchev–Trinajstić information content (AvgIpc) is 2.87. The molecule has 1 saturated carbocycles. The van der Waals surface area contributed by atoms with Gasteiger partial charge in [0.15, 0.2) is 0 Å². The molecule has 1 aromatic heterocycles. The Morgan fingerprint density at radius 3 is 2.37 bits per heavy atom. The van der Waals surface area contributed by atoms with Gasteiger partial charge in [-0.05, 0) is 30.5 Å². The SMILES string of the molecule is Nc1[nH+]c(C2(c3ccc(Cl)cc3)CCCCC2)cs1. The Bertz CT molecular complexity index is 556. The Morgan fingerprint density at radius 2 is 1.79 bits per heavy atom. The van der Waals surface area contributed by atoms with Crippen LogP contribution in [0.15, 0.2) is 29.6 Å². The van der Waals surface area contributed by atoms with Crippen LogP contribution >= 0.6 is 22.9 Å². The number of aromatic nitrogens is 1. The van der Waals surface area contributed by atoms with Crippen LogP contribution in [0.4, 0.5) is 5.13 Å². The summed E-state index contributed by atoms with van der Waals surface area (Å²) < 4.78 is 0. The van der Waals surface area contributed by atoms with Crippen molar-refractivity contribution in [3.05, 3.63) is 45.9 Å². The second-order valence-corrected chi connectivity index (χ2v) is 6.64. The first-order valence-corrected chi connectivity index (χ1v) is 7.99. The van der Waals surface area contributed by atoms with Gasteiger partial charge < -0.3 is 0 Å². The van der Waals surface area contributed by atoms with E-state index in [1.807, 2.05) is 12.1 Å². The maximum absolute atomic E-state index is 6.02. The molecule has 1 fully saturated rings. The molecule has 4 heteroatoms. The molecule has 0 saturated heterocycles. The predicted octanol–water partition coefficient (Wildman–Crippen LogP) is 4.05. The van der Waals surface area contributed by atoms with E-state index in [2.05, 4.69) is 22.5 Å². The standard InChI is InChI=1S/C15H17ClN2S/c16-12-6-4-11(5-7-12)15(8-2-1-3-9-15)13-10-19-14(17)18-13/h4-7,10H,1-3,8-9H2,(H2,17,18)/p+1. The number of benzene rings is 1. The van der Waals surface area contributed by atoms with Gasteiger partial charge in [-0.15, -0.1) is 0 Å². The molecule has 0 amide bonds. The van der Waals surface area contributed by atoms with Gasteiger partial charge in [0, 0.05) is 10.4 Å². The van der Waals surface area contributed by atoms with Crippen molar-refractivity contribution in [2.45, 2.75) is 37.5 Å². The van der Waals surface area contributed by atoms with Crippen molar-refractivity contribution in [2.24, 2.45) is 0 Å². The van der Waals surface area contributed by atoms with Gasteiger partial charge in [-0.3, -0.25) is 5.73 Å². The molecular weight excluding hydrogens is 276 g/mol. The van der Waals surface area contributed by atoms with E-state index in [0.717, 1.165) is 10.2 Å². The van der Waals surface area contributed by atoms with E-state index < -0.39 is 0 Å². The third-order valence-corrected chi connectivity index (χ3v) is 5.14. The zero-order valence-electron chi connectivity index (χ0n) is 10.8. The van der Waals surface area contributed by atoms with Crippen molar-refractivity contribution >= 4 is 28.1 Å². The highest BCUT2D eigenvalue weighted by atomic mass is 35.5. The molecule has 0 radical (unpaired) electrons. The molecule has 1 aromatic carbocycles. The summed E-state index contributed by atoms with van der Waals surface area (Å²) >= 11 is 7.61. The van der Waals surface area contributed by atoms with Gasteiger partial charge in [0.05, 0.1) is 5.41 Å². The molecule has 100 valence electrons. The van der Waals surface area contributed by atoms with Crippen molar-refractivity contribution in [1.29, 1.82) is 0 Å². The van der Waals surface area contributed by atoms with Gasteiger partial charge >= 0.3 is 5.13 Å². The highest BCUT2D eigenvalue weighted by molar-refractivity contribution is 7.13. The summed E-state index contributed by atoms with van der Waals surface area (Å²) in [7, 11) is 0. The number of nitrogens with two attached hydrogens (primary N) is 1. The van der Waals surface area contributed by atoms with E-state index in [1.165, 1.54) is 43.4 Å². The van der Waals surface area contributed by atoms with E-state index in [9.17, 15) is 0 Å². The van der Waals surface area contributed by atoms with E-state index in [-0.39, 0.29) is 5.41 Å². The monoisotopic (exact) mass is 293 g/mol. The Balaban J connectivity index is 2.08. The van der Waals surface area contributed by atoms with Crippen LogP contribution in [-0.4, -0.2) is 0 Å². The number of rotatable bonds is 2. The molecule has 0 bridgehead atoms. The van der Waals surface area contributed by atoms with E-state index in [4.69, 9.17) is 17.3 Å². The second-order valence-electron chi connectivity index (χ2n) is 5.29. The van der Waals surface area contributed by atoms with Crippen molar-refractivity contribution in [3.63, 3.8) is 0 Å². The fourth-order valence-corrected chi connectivity index (χ4v) is 4.01. The topological polar surface area (TPSA) is 40.2 Å². The first-order chi connectivity index (χ1) is 9.21. The van der Waals surface area contributed by atoms with Crippen LogP contribution in [0.2, 0.25) is 5.02 Å². The van der Waals surface area contributed by atoms with Gasteiger partial charge in [0.1, 0.15) is 5.69 Å². The third kappa shape index (κ3) is 2.37. The van der Waals surface area contributed by atoms with Crippen LogP contribution in [0, 0.1) is 0 Å². The van der Waals surface area contributed by atoms with Gasteiger partial charge in [-0.1, -0.05) is 54.3 Å². The second kappa shape index (κ2) is 5.14. The maximum Gasteiger partial charge on any atom is 0.329 e. The van der Waals surface area contributed by atoms with Gasteiger partial charge in [0.25, 0.3) is 0 Å². The fourth-order valence-electron chi connectivity index (χ4n) is 3.18. The van der Waals surface area contributed by atoms with E-state index in [0.29, 0.717) is 0 Å². The minimum absolute atomic E-state index is 0.0942. The van der Waals surface area contributed by atoms with Crippen LogP contribution < -0.4 is 10.7 Å². The molecular formula is C15H18ClN2S+. The molecule has 2 nitrogen and oxygen atoms in total. The summed E-state index contributed by atoms with van der Waals surface area (Å²) in [5.41, 5.74) is 8.60. The number of anilines is 1. The Labute approximate surface area is 122 Å². The van der Waals surface area contributed by atoms with Crippen LogP contribution in [0.3, 0.4) is 0 Å².